The van der Waals surface area contributed by atoms with E-state index in [0.29, 0.717) is 0 Å². The summed E-state index contributed by atoms with van der Waals surface area (Å²) in [7, 11) is 0. The third-order valence-corrected chi connectivity index (χ3v) is 0. The summed E-state index contributed by atoms with van der Waals surface area (Å²) >= 11 is 0. The van der Waals surface area contributed by atoms with E-state index in [9.17, 15) is 0 Å². The zero-order valence-electron chi connectivity index (χ0n) is 1.71. The molecule has 0 saturated heterocycles. The maximum atomic E-state index is 0. The molecule has 0 rings (SSSR count). The molecule has 2 nitrogen and oxygen atoms in total. The summed E-state index contributed by atoms with van der Waals surface area (Å²) in [5, 5.41) is 0. The van der Waals surface area contributed by atoms with Gasteiger partial charge in [0.25, 0.3) is 0 Å². The maximum Gasteiger partial charge on any atom is 2.00 e. The molecule has 0 amide bonds. The molecule has 0 aliphatic carbocycles. The SMILES string of the molecule is O.O.[AlH3].[Mg+2].[MgH2]. The molecule has 0 aromatic carbocycles. The van der Waals surface area contributed by atoms with Gasteiger partial charge in [-0.3, -0.25) is 0 Å². The topological polar surface area (TPSA) is 63.0 Å². The van der Waals surface area contributed by atoms with Gasteiger partial charge in [-0.15, -0.1) is 0 Å². The summed E-state index contributed by atoms with van der Waals surface area (Å²) in [6.45, 7) is 0. The van der Waals surface area contributed by atoms with Crippen molar-refractivity contribution in [3.8, 4) is 0 Å². The van der Waals surface area contributed by atoms with Crippen LogP contribution in [0.3, 0.4) is 0 Å². The Kier molecular flexibility index (Phi) is 479. The molecule has 0 saturated carbocycles. The van der Waals surface area contributed by atoms with Crippen molar-refractivity contribution in [2.75, 3.05) is 0 Å². The van der Waals surface area contributed by atoms with E-state index in [-0.39, 0.29) is 74.4 Å². The fourth-order valence-corrected chi connectivity index (χ4v) is 0. The first-order chi connectivity index (χ1) is 0. The van der Waals surface area contributed by atoms with Gasteiger partial charge in [-0.05, 0) is 0 Å². The van der Waals surface area contributed by atoms with E-state index < -0.39 is 0 Å². The Bertz CT molecular complexity index is 7.61. The summed E-state index contributed by atoms with van der Waals surface area (Å²) < 4.78 is 0. The van der Waals surface area contributed by atoms with Crippen LogP contribution in [0.15, 0.2) is 0 Å². The zero-order valence-corrected chi connectivity index (χ0v) is 3.12. The summed E-state index contributed by atoms with van der Waals surface area (Å²) in [4.78, 5) is 0. The molecule has 0 heterocycles. The van der Waals surface area contributed by atoms with E-state index in [1.165, 1.54) is 0 Å². The molecule has 5 heavy (non-hydrogen) atoms. The minimum atomic E-state index is 0. The second-order valence-electron chi connectivity index (χ2n) is 0. The van der Waals surface area contributed by atoms with Crippen molar-refractivity contribution >= 4 is 63.5 Å². The monoisotopic (exact) mass is 116 g/mol. The first-order valence-electron chi connectivity index (χ1n) is 0. The molecular weight excluding hydrogens is 108 g/mol. The van der Waals surface area contributed by atoms with Gasteiger partial charge in [0.15, 0.2) is 17.4 Å². The third kappa shape index (κ3) is 24.1. The van der Waals surface area contributed by atoms with Crippen LogP contribution in [0.25, 0.3) is 0 Å². The number of rotatable bonds is 0. The normalized spacial score (nSPS) is 0. The van der Waals surface area contributed by atoms with E-state index in [1.807, 2.05) is 0 Å². The van der Waals surface area contributed by atoms with Crippen molar-refractivity contribution in [3.63, 3.8) is 0 Å². The Balaban J connectivity index is 0. The van der Waals surface area contributed by atoms with Gasteiger partial charge in [-0.1, -0.05) is 0 Å². The van der Waals surface area contributed by atoms with Crippen molar-refractivity contribution in [1.29, 1.82) is 0 Å². The molecule has 0 aliphatic rings. The van der Waals surface area contributed by atoms with Gasteiger partial charge < -0.3 is 11.0 Å². The van der Waals surface area contributed by atoms with Gasteiger partial charge in [0.2, 0.25) is 0 Å². The van der Waals surface area contributed by atoms with E-state index in [4.69, 9.17) is 0 Å². The maximum absolute atomic E-state index is 0. The molecule has 0 aromatic rings. The predicted molar refractivity (Wildman–Crippen MR) is 31.5 cm³/mol. The van der Waals surface area contributed by atoms with Crippen LogP contribution in [0.1, 0.15) is 0 Å². The van der Waals surface area contributed by atoms with E-state index in [2.05, 4.69) is 0 Å². The van der Waals surface area contributed by atoms with Crippen LogP contribution >= 0.6 is 0 Å². The van der Waals surface area contributed by atoms with Gasteiger partial charge in [-0.2, -0.15) is 0 Å². The summed E-state index contributed by atoms with van der Waals surface area (Å²) in [5.41, 5.74) is 0. The molecule has 26 valence electrons. The van der Waals surface area contributed by atoms with Gasteiger partial charge in [0, 0.05) is 0 Å². The molecule has 0 aromatic heterocycles. The first kappa shape index (κ1) is 63.5. The average Bonchev–Trinajstić information content (AvgIpc) is 0. The van der Waals surface area contributed by atoms with Crippen LogP contribution in [0.5, 0.6) is 0 Å². The van der Waals surface area contributed by atoms with Crippen molar-refractivity contribution < 1.29 is 11.0 Å². The summed E-state index contributed by atoms with van der Waals surface area (Å²) in [5.74, 6) is 0. The second kappa shape index (κ2) is 37.7. The van der Waals surface area contributed by atoms with E-state index in [1.54, 1.807) is 0 Å². The zero-order chi connectivity index (χ0) is 0. The molecule has 0 unspecified atom stereocenters. The van der Waals surface area contributed by atoms with Crippen LogP contribution in [0, 0.1) is 0 Å². The van der Waals surface area contributed by atoms with E-state index >= 15 is 0 Å². The van der Waals surface area contributed by atoms with Crippen LogP contribution < -0.4 is 0 Å². The molecule has 0 fully saturated rings. The minimum Gasteiger partial charge on any atom is -0.412 e. The van der Waals surface area contributed by atoms with Crippen molar-refractivity contribution in [1.82, 2.24) is 0 Å². The fourth-order valence-electron chi connectivity index (χ4n) is 0. The van der Waals surface area contributed by atoms with Crippen molar-refractivity contribution in [2.45, 2.75) is 0 Å². The average molecular weight is 117 g/mol. The predicted octanol–water partition coefficient (Wildman–Crippen LogP) is -4.13. The molecule has 0 bridgehead atoms. The van der Waals surface area contributed by atoms with Gasteiger partial charge >= 0.3 is 46.1 Å². The Morgan fingerprint density at radius 1 is 0.800 bits per heavy atom. The molecule has 0 spiro atoms. The third-order valence-electron chi connectivity index (χ3n) is 0. The molecular formula is H9AlMg2O2+2. The smallest absolute Gasteiger partial charge is 0.412 e. The minimum absolute atomic E-state index is 0. The van der Waals surface area contributed by atoms with Crippen LogP contribution in [0.2, 0.25) is 0 Å². The van der Waals surface area contributed by atoms with Gasteiger partial charge in [0.1, 0.15) is 0 Å². The molecule has 4 N–H and O–H groups in total. The first-order valence-corrected chi connectivity index (χ1v) is 0. The molecule has 5 heteroatoms. The largest absolute Gasteiger partial charge is 2.00 e. The Morgan fingerprint density at radius 3 is 0.800 bits per heavy atom. The molecule has 0 aliphatic heterocycles. The Morgan fingerprint density at radius 2 is 0.800 bits per heavy atom. The Hall–Kier alpha value is 1.98. The van der Waals surface area contributed by atoms with Crippen LogP contribution in [0.4, 0.5) is 0 Å². The van der Waals surface area contributed by atoms with Gasteiger partial charge in [0.05, 0.1) is 0 Å². The van der Waals surface area contributed by atoms with Gasteiger partial charge in [-0.25, -0.2) is 0 Å². The fraction of sp³-hybridized carbons (Fsp3) is 0. The second-order valence-corrected chi connectivity index (χ2v) is 0. The molecule has 0 radical (unpaired) electrons. The van der Waals surface area contributed by atoms with Crippen LogP contribution in [-0.4, -0.2) is 74.4 Å². The van der Waals surface area contributed by atoms with Crippen molar-refractivity contribution in [2.24, 2.45) is 0 Å². The van der Waals surface area contributed by atoms with Crippen molar-refractivity contribution in [3.05, 3.63) is 0 Å². The summed E-state index contributed by atoms with van der Waals surface area (Å²) in [6, 6.07) is 0. The number of hydrogen-bond acceptors (Lipinski definition) is 0. The summed E-state index contributed by atoms with van der Waals surface area (Å²) in [6.07, 6.45) is 0. The van der Waals surface area contributed by atoms with E-state index in [0.717, 1.165) is 0 Å². The quantitative estimate of drug-likeness (QED) is 0.289. The van der Waals surface area contributed by atoms with Crippen LogP contribution in [-0.2, 0) is 0 Å². The number of hydrogen-bond donors (Lipinski definition) is 0. The molecule has 0 atom stereocenters. The standard InChI is InChI=1S/Al.2Mg.2H2O.5H/h;;;2*1H2;;;;;/q;;+2;;;;;;;. The Labute approximate surface area is 73.7 Å².